The number of nitrogens with one attached hydrogen (secondary N) is 1. The van der Waals surface area contributed by atoms with Crippen LogP contribution in [-0.4, -0.2) is 29.3 Å². The summed E-state index contributed by atoms with van der Waals surface area (Å²) >= 11 is 0. The van der Waals surface area contributed by atoms with E-state index >= 15 is 0 Å². The van der Waals surface area contributed by atoms with E-state index < -0.39 is 18.3 Å². The van der Waals surface area contributed by atoms with Gasteiger partial charge in [0.25, 0.3) is 5.91 Å². The molecule has 2 N–H and O–H groups in total. The number of hydrogen-bond acceptors (Lipinski definition) is 4. The van der Waals surface area contributed by atoms with Crippen LogP contribution in [0.1, 0.15) is 39.0 Å². The summed E-state index contributed by atoms with van der Waals surface area (Å²) < 4.78 is 5.06. The highest BCUT2D eigenvalue weighted by Gasteiger charge is 2.32. The highest BCUT2D eigenvalue weighted by Crippen LogP contribution is 2.12. The average Bonchev–Trinajstić information content (AvgIpc) is 2.45. The molecule has 1 aliphatic rings. The van der Waals surface area contributed by atoms with Gasteiger partial charge in [-0.15, -0.1) is 0 Å². The maximum Gasteiger partial charge on any atom is 0.256 e. The minimum Gasteiger partial charge on any atom is -0.368 e. The second kappa shape index (κ2) is 5.82. The van der Waals surface area contributed by atoms with E-state index in [9.17, 15) is 14.7 Å². The zero-order chi connectivity index (χ0) is 11.3. The Hall–Kier alpha value is -0.940. The first kappa shape index (κ1) is 12.1. The first-order valence-electron chi connectivity index (χ1n) is 5.30. The monoisotopic (exact) mass is 215 g/mol. The van der Waals surface area contributed by atoms with E-state index in [2.05, 4.69) is 12.2 Å². The lowest BCUT2D eigenvalue weighted by Crippen LogP contribution is -2.30. The lowest BCUT2D eigenvalue weighted by molar-refractivity contribution is -0.157. The molecular weight excluding hydrogens is 198 g/mol. The van der Waals surface area contributed by atoms with Gasteiger partial charge in [0.05, 0.1) is 6.42 Å². The van der Waals surface area contributed by atoms with Gasteiger partial charge in [0, 0.05) is 0 Å². The molecule has 0 saturated carbocycles. The second-order valence-corrected chi connectivity index (χ2v) is 3.69. The van der Waals surface area contributed by atoms with Gasteiger partial charge >= 0.3 is 0 Å². The molecule has 5 heteroatoms. The van der Waals surface area contributed by atoms with Crippen molar-refractivity contribution in [2.24, 2.45) is 0 Å². The second-order valence-electron chi connectivity index (χ2n) is 3.69. The minimum atomic E-state index is -0.946. The third-order valence-electron chi connectivity index (χ3n) is 2.30. The number of amides is 2. The molecule has 2 unspecified atom stereocenters. The number of rotatable bonds is 6. The fraction of sp³-hybridized carbons (Fsp3) is 0.800. The van der Waals surface area contributed by atoms with Gasteiger partial charge in [0.15, 0.2) is 6.29 Å². The molecule has 15 heavy (non-hydrogen) atoms. The smallest absolute Gasteiger partial charge is 0.256 e. The Bertz CT molecular complexity index is 242. The quantitative estimate of drug-likeness (QED) is 0.380. The summed E-state index contributed by atoms with van der Waals surface area (Å²) in [7, 11) is 0. The molecule has 86 valence electrons. The molecule has 0 aromatic rings. The predicted octanol–water partition coefficient (Wildman–Crippen LogP) is 0.317. The Kier molecular flexibility index (Phi) is 4.71. The molecule has 1 rings (SSSR count). The lowest BCUT2D eigenvalue weighted by Gasteiger charge is -2.14. The fourth-order valence-electron chi connectivity index (χ4n) is 1.47. The summed E-state index contributed by atoms with van der Waals surface area (Å²) in [6, 6.07) is 0. The highest BCUT2D eigenvalue weighted by molar-refractivity contribution is 6.04. The van der Waals surface area contributed by atoms with Crippen LogP contribution in [0.15, 0.2) is 0 Å². The Morgan fingerprint density at radius 1 is 1.53 bits per heavy atom. The number of aliphatic hydroxyl groups excluding tert-OH is 1. The molecule has 0 aromatic carbocycles. The summed E-state index contributed by atoms with van der Waals surface area (Å²) in [6.45, 7) is 2.07. The normalized spacial score (nSPS) is 22.9. The summed E-state index contributed by atoms with van der Waals surface area (Å²) in [5.41, 5.74) is 0. The molecule has 0 aromatic heterocycles. The zero-order valence-corrected chi connectivity index (χ0v) is 8.86. The molecule has 0 aliphatic carbocycles. The topological polar surface area (TPSA) is 75.6 Å². The minimum absolute atomic E-state index is 0.0175. The number of aliphatic hydroxyl groups is 1. The number of ether oxygens (including phenoxy) is 1. The van der Waals surface area contributed by atoms with E-state index in [-0.39, 0.29) is 12.3 Å². The van der Waals surface area contributed by atoms with Crippen molar-refractivity contribution in [1.29, 1.82) is 0 Å². The van der Waals surface area contributed by atoms with Gasteiger partial charge in [-0.2, -0.15) is 0 Å². The van der Waals surface area contributed by atoms with Gasteiger partial charge in [-0.1, -0.05) is 19.8 Å². The van der Waals surface area contributed by atoms with Gasteiger partial charge in [-0.05, 0) is 12.8 Å². The van der Waals surface area contributed by atoms with Crippen LogP contribution < -0.4 is 5.32 Å². The number of hydrogen-bond donors (Lipinski definition) is 2. The van der Waals surface area contributed by atoms with Crippen molar-refractivity contribution in [1.82, 2.24) is 5.32 Å². The molecule has 1 aliphatic heterocycles. The van der Waals surface area contributed by atoms with Gasteiger partial charge in [-0.3, -0.25) is 14.9 Å². The van der Waals surface area contributed by atoms with Crippen molar-refractivity contribution >= 4 is 11.8 Å². The van der Waals surface area contributed by atoms with E-state index in [1.807, 2.05) is 0 Å². The molecule has 0 radical (unpaired) electrons. The largest absolute Gasteiger partial charge is 0.368 e. The van der Waals surface area contributed by atoms with Crippen LogP contribution in [-0.2, 0) is 14.3 Å². The van der Waals surface area contributed by atoms with Crippen LogP contribution in [0.5, 0.6) is 0 Å². The first-order chi connectivity index (χ1) is 7.13. The van der Waals surface area contributed by atoms with E-state index in [0.29, 0.717) is 6.42 Å². The SMILES string of the molecule is CCCCCC(O)OC1CC(=O)NC1=O. The first-order valence-corrected chi connectivity index (χ1v) is 5.30. The highest BCUT2D eigenvalue weighted by atomic mass is 16.6. The van der Waals surface area contributed by atoms with Gasteiger partial charge < -0.3 is 9.84 Å². The molecule has 0 spiro atoms. The zero-order valence-electron chi connectivity index (χ0n) is 8.86. The van der Waals surface area contributed by atoms with Crippen LogP contribution >= 0.6 is 0 Å². The summed E-state index contributed by atoms with van der Waals surface area (Å²) in [6.07, 6.45) is 1.72. The number of carbonyl (C=O) groups excluding carboxylic acids is 2. The fourth-order valence-corrected chi connectivity index (χ4v) is 1.47. The van der Waals surface area contributed by atoms with E-state index in [0.717, 1.165) is 19.3 Å². The van der Waals surface area contributed by atoms with Crippen molar-refractivity contribution in [3.8, 4) is 0 Å². The van der Waals surface area contributed by atoms with E-state index in [1.165, 1.54) is 0 Å². The number of unbranched alkanes of at least 4 members (excludes halogenated alkanes) is 2. The Labute approximate surface area is 88.8 Å². The summed E-state index contributed by atoms with van der Waals surface area (Å²) in [5, 5.41) is 11.6. The van der Waals surface area contributed by atoms with Crippen LogP contribution in [0.2, 0.25) is 0 Å². The Balaban J connectivity index is 2.22. The molecular formula is C10H17NO4. The molecule has 1 fully saturated rings. The molecule has 1 saturated heterocycles. The van der Waals surface area contributed by atoms with Gasteiger partial charge in [0.2, 0.25) is 5.91 Å². The molecule has 1 heterocycles. The molecule has 5 nitrogen and oxygen atoms in total. The van der Waals surface area contributed by atoms with Crippen molar-refractivity contribution in [3.05, 3.63) is 0 Å². The third-order valence-corrected chi connectivity index (χ3v) is 2.30. The predicted molar refractivity (Wildman–Crippen MR) is 52.8 cm³/mol. The lowest BCUT2D eigenvalue weighted by atomic mass is 10.2. The Morgan fingerprint density at radius 2 is 2.27 bits per heavy atom. The van der Waals surface area contributed by atoms with Gasteiger partial charge in [-0.25, -0.2) is 0 Å². The standard InChI is InChI=1S/C10H17NO4/c1-2-3-4-5-9(13)15-7-6-8(12)11-10(7)14/h7,9,13H,2-6H2,1H3,(H,11,12,14). The van der Waals surface area contributed by atoms with Crippen LogP contribution in [0.4, 0.5) is 0 Å². The van der Waals surface area contributed by atoms with Crippen molar-refractivity contribution in [2.45, 2.75) is 51.4 Å². The van der Waals surface area contributed by atoms with Crippen molar-refractivity contribution < 1.29 is 19.4 Å². The maximum atomic E-state index is 11.1. The van der Waals surface area contributed by atoms with Gasteiger partial charge in [0.1, 0.15) is 6.10 Å². The Morgan fingerprint density at radius 3 is 2.80 bits per heavy atom. The van der Waals surface area contributed by atoms with Crippen LogP contribution in [0.3, 0.4) is 0 Å². The van der Waals surface area contributed by atoms with Crippen LogP contribution in [0.25, 0.3) is 0 Å². The molecule has 2 amide bonds. The summed E-state index contributed by atoms with van der Waals surface area (Å²) in [4.78, 5) is 21.9. The average molecular weight is 215 g/mol. The number of imide groups is 1. The maximum absolute atomic E-state index is 11.1. The van der Waals surface area contributed by atoms with E-state index in [1.54, 1.807) is 0 Å². The van der Waals surface area contributed by atoms with Crippen molar-refractivity contribution in [3.63, 3.8) is 0 Å². The third kappa shape index (κ3) is 3.97. The molecule has 0 bridgehead atoms. The summed E-state index contributed by atoms with van der Waals surface area (Å²) in [5.74, 6) is -0.791. The number of carbonyl (C=O) groups is 2. The molecule has 2 atom stereocenters. The van der Waals surface area contributed by atoms with E-state index in [4.69, 9.17) is 4.74 Å². The van der Waals surface area contributed by atoms with Crippen LogP contribution in [0, 0.1) is 0 Å². The van der Waals surface area contributed by atoms with Crippen molar-refractivity contribution in [2.75, 3.05) is 0 Å².